The van der Waals surface area contributed by atoms with Crippen molar-refractivity contribution in [1.29, 1.82) is 0 Å². The molecule has 0 aromatic carbocycles. The summed E-state index contributed by atoms with van der Waals surface area (Å²) in [6.07, 6.45) is -0.708. The average molecular weight is 273 g/mol. The van der Waals surface area contributed by atoms with Crippen LogP contribution in [0.25, 0.3) is 10.4 Å². The Morgan fingerprint density at radius 1 is 1.60 bits per heavy atom. The van der Waals surface area contributed by atoms with E-state index in [9.17, 15) is 10.2 Å². The lowest BCUT2D eigenvalue weighted by Crippen LogP contribution is -2.21. The van der Waals surface area contributed by atoms with Crippen LogP contribution in [0.4, 0.5) is 0 Å². The number of pyridine rings is 1. The molecule has 0 bridgehead atoms. The Hall–Kier alpha value is -1.14. The first-order chi connectivity index (χ1) is 7.16. The molecule has 15 heavy (non-hydrogen) atoms. The fraction of sp³-hybridized carbons (Fsp3) is 0.375. The topological polar surface area (TPSA) is 102 Å². The highest BCUT2D eigenvalue weighted by Crippen LogP contribution is 2.23. The first kappa shape index (κ1) is 11.9. The summed E-state index contributed by atoms with van der Waals surface area (Å²) in [5.41, 5.74) is 8.52. The Bertz CT molecular complexity index is 381. The molecule has 0 aliphatic heterocycles. The van der Waals surface area contributed by atoms with Crippen LogP contribution in [0.3, 0.4) is 0 Å². The van der Waals surface area contributed by atoms with E-state index in [0.29, 0.717) is 10.2 Å². The summed E-state index contributed by atoms with van der Waals surface area (Å²) in [7, 11) is 0. The van der Waals surface area contributed by atoms with Gasteiger partial charge in [0.1, 0.15) is 10.7 Å². The number of halogens is 1. The van der Waals surface area contributed by atoms with Crippen molar-refractivity contribution in [2.45, 2.75) is 12.2 Å². The zero-order valence-corrected chi connectivity index (χ0v) is 9.24. The van der Waals surface area contributed by atoms with E-state index in [-0.39, 0.29) is 6.54 Å². The molecule has 6 nitrogen and oxygen atoms in total. The molecule has 1 aromatic heterocycles. The minimum Gasteiger partial charge on any atom is -0.390 e. The van der Waals surface area contributed by atoms with Gasteiger partial charge >= 0.3 is 0 Å². The summed E-state index contributed by atoms with van der Waals surface area (Å²) >= 11 is 3.15. The van der Waals surface area contributed by atoms with Gasteiger partial charge in [-0.15, -0.1) is 0 Å². The van der Waals surface area contributed by atoms with E-state index in [0.717, 1.165) is 0 Å². The molecule has 1 aromatic rings. The van der Waals surface area contributed by atoms with Gasteiger partial charge in [0.15, 0.2) is 0 Å². The van der Waals surface area contributed by atoms with Gasteiger partial charge < -0.3 is 10.2 Å². The monoisotopic (exact) mass is 272 g/mol. The second-order valence-corrected chi connectivity index (χ2v) is 3.56. The predicted molar refractivity (Wildman–Crippen MR) is 56.9 cm³/mol. The normalized spacial score (nSPS) is 14.1. The van der Waals surface area contributed by atoms with Gasteiger partial charge in [-0.05, 0) is 27.5 Å². The molecule has 0 aliphatic rings. The predicted octanol–water partition coefficient (Wildman–Crippen LogP) is 1.55. The SMILES string of the molecule is [N-]=[N+]=NCC(O)C(O)c1cccnc1Br. The van der Waals surface area contributed by atoms with Crippen LogP contribution >= 0.6 is 15.9 Å². The van der Waals surface area contributed by atoms with E-state index >= 15 is 0 Å². The lowest BCUT2D eigenvalue weighted by Gasteiger charge is -2.16. The Morgan fingerprint density at radius 3 is 2.93 bits per heavy atom. The minimum absolute atomic E-state index is 0.182. The molecule has 0 spiro atoms. The zero-order chi connectivity index (χ0) is 11.3. The van der Waals surface area contributed by atoms with Crippen LogP contribution in [-0.2, 0) is 0 Å². The van der Waals surface area contributed by atoms with Crippen molar-refractivity contribution < 1.29 is 10.2 Å². The lowest BCUT2D eigenvalue weighted by atomic mass is 10.1. The molecule has 0 fully saturated rings. The van der Waals surface area contributed by atoms with Gasteiger partial charge in [0, 0.05) is 16.7 Å². The number of hydrogen-bond donors (Lipinski definition) is 2. The van der Waals surface area contributed by atoms with E-state index < -0.39 is 12.2 Å². The van der Waals surface area contributed by atoms with Crippen LogP contribution in [0.15, 0.2) is 28.0 Å². The van der Waals surface area contributed by atoms with Gasteiger partial charge in [-0.1, -0.05) is 11.2 Å². The van der Waals surface area contributed by atoms with Gasteiger partial charge in [0.05, 0.1) is 12.6 Å². The van der Waals surface area contributed by atoms with Crippen molar-refractivity contribution in [2.24, 2.45) is 5.11 Å². The zero-order valence-electron chi connectivity index (χ0n) is 7.66. The molecule has 2 unspecified atom stereocenters. The van der Waals surface area contributed by atoms with Crippen molar-refractivity contribution in [3.63, 3.8) is 0 Å². The van der Waals surface area contributed by atoms with Crippen LogP contribution in [-0.4, -0.2) is 27.8 Å². The summed E-state index contributed by atoms with van der Waals surface area (Å²) in [6.45, 7) is -0.182. The Balaban J connectivity index is 2.79. The maximum atomic E-state index is 9.69. The standard InChI is InChI=1S/C8H9BrN4O2/c9-8-5(2-1-3-11-8)7(15)6(14)4-12-13-10/h1-3,6-7,14-15H,4H2. The van der Waals surface area contributed by atoms with E-state index in [4.69, 9.17) is 5.53 Å². The van der Waals surface area contributed by atoms with Gasteiger partial charge in [-0.2, -0.15) is 0 Å². The van der Waals surface area contributed by atoms with Crippen molar-refractivity contribution in [3.05, 3.63) is 38.9 Å². The quantitative estimate of drug-likeness (QED) is 0.376. The molecule has 80 valence electrons. The number of aromatic nitrogens is 1. The highest BCUT2D eigenvalue weighted by atomic mass is 79.9. The van der Waals surface area contributed by atoms with Crippen molar-refractivity contribution in [3.8, 4) is 0 Å². The fourth-order valence-electron chi connectivity index (χ4n) is 1.05. The van der Waals surface area contributed by atoms with Crippen LogP contribution in [0.2, 0.25) is 0 Å². The second kappa shape index (κ2) is 5.67. The summed E-state index contributed by atoms with van der Waals surface area (Å²) in [5.74, 6) is 0. The van der Waals surface area contributed by atoms with Gasteiger partial charge in [-0.3, -0.25) is 0 Å². The molecule has 2 atom stereocenters. The van der Waals surface area contributed by atoms with E-state index in [1.54, 1.807) is 18.3 Å². The second-order valence-electron chi connectivity index (χ2n) is 2.81. The maximum Gasteiger partial charge on any atom is 0.111 e. The highest BCUT2D eigenvalue weighted by Gasteiger charge is 2.19. The fourth-order valence-corrected chi connectivity index (χ4v) is 1.53. The van der Waals surface area contributed by atoms with Gasteiger partial charge in [0.2, 0.25) is 0 Å². The van der Waals surface area contributed by atoms with Crippen molar-refractivity contribution in [1.82, 2.24) is 4.98 Å². The van der Waals surface area contributed by atoms with Crippen LogP contribution < -0.4 is 0 Å². The Kier molecular flexibility index (Phi) is 4.51. The highest BCUT2D eigenvalue weighted by molar-refractivity contribution is 9.10. The largest absolute Gasteiger partial charge is 0.390 e. The summed E-state index contributed by atoms with van der Waals surface area (Å²) in [5, 5.41) is 22.3. The third-order valence-electron chi connectivity index (χ3n) is 1.80. The maximum absolute atomic E-state index is 9.69. The number of hydrogen-bond acceptors (Lipinski definition) is 4. The summed E-state index contributed by atoms with van der Waals surface area (Å²) < 4.78 is 0.456. The molecule has 0 radical (unpaired) electrons. The van der Waals surface area contributed by atoms with E-state index in [1.807, 2.05) is 0 Å². The first-order valence-corrected chi connectivity index (χ1v) is 4.93. The molecule has 0 aliphatic carbocycles. The van der Waals surface area contributed by atoms with Gasteiger partial charge in [-0.25, -0.2) is 4.98 Å². The average Bonchev–Trinajstić information content (AvgIpc) is 2.25. The number of aliphatic hydroxyl groups is 2. The molecular formula is C8H9BrN4O2. The molecular weight excluding hydrogens is 264 g/mol. The number of rotatable bonds is 4. The molecule has 2 N–H and O–H groups in total. The van der Waals surface area contributed by atoms with Crippen LogP contribution in [0, 0.1) is 0 Å². The number of azide groups is 1. The number of aliphatic hydroxyl groups excluding tert-OH is 2. The molecule has 0 amide bonds. The van der Waals surface area contributed by atoms with Crippen molar-refractivity contribution >= 4 is 15.9 Å². The number of nitrogens with zero attached hydrogens (tertiary/aromatic N) is 4. The molecule has 0 saturated heterocycles. The molecule has 7 heteroatoms. The Morgan fingerprint density at radius 2 is 2.33 bits per heavy atom. The lowest BCUT2D eigenvalue weighted by molar-refractivity contribution is 0.0237. The van der Waals surface area contributed by atoms with E-state index in [2.05, 4.69) is 30.9 Å². The van der Waals surface area contributed by atoms with Crippen molar-refractivity contribution in [2.75, 3.05) is 6.54 Å². The third kappa shape index (κ3) is 3.17. The van der Waals surface area contributed by atoms with E-state index in [1.165, 1.54) is 0 Å². The molecule has 1 heterocycles. The van der Waals surface area contributed by atoms with Crippen LogP contribution in [0.1, 0.15) is 11.7 Å². The summed E-state index contributed by atoms with van der Waals surface area (Å²) in [6, 6.07) is 3.27. The Labute approximate surface area is 94.3 Å². The molecule has 0 saturated carbocycles. The van der Waals surface area contributed by atoms with Crippen LogP contribution in [0.5, 0.6) is 0 Å². The minimum atomic E-state index is -1.14. The van der Waals surface area contributed by atoms with Gasteiger partial charge in [0.25, 0.3) is 0 Å². The smallest absolute Gasteiger partial charge is 0.111 e. The third-order valence-corrected chi connectivity index (χ3v) is 2.47. The first-order valence-electron chi connectivity index (χ1n) is 4.14. The molecule has 1 rings (SSSR count). The summed E-state index contributed by atoms with van der Waals surface area (Å²) in [4.78, 5) is 6.41.